The molecule has 4 heterocycles. The first-order valence-corrected chi connectivity index (χ1v) is 25.6. The predicted molar refractivity (Wildman–Crippen MR) is 284 cm³/mol. The second-order valence-corrected chi connectivity index (χ2v) is 19.8. The highest BCUT2D eigenvalue weighted by atomic mass is 127. The molecule has 378 valence electrons. The summed E-state index contributed by atoms with van der Waals surface area (Å²) in [5.74, 6) is 5.23. The minimum atomic E-state index is -4.66. The number of nitrogens with zero attached hydrogens (tertiary/aromatic N) is 5. The highest BCUT2D eigenvalue weighted by Gasteiger charge is 2.32. The summed E-state index contributed by atoms with van der Waals surface area (Å²) in [5, 5.41) is 12.4. The molecule has 2 aliphatic heterocycles. The zero-order valence-corrected chi connectivity index (χ0v) is 44.4. The van der Waals surface area contributed by atoms with Crippen LogP contribution in [0.25, 0.3) is 17.3 Å². The number of piperazine rings is 1. The van der Waals surface area contributed by atoms with Crippen molar-refractivity contribution >= 4 is 107 Å². The van der Waals surface area contributed by atoms with E-state index >= 15 is 0 Å². The minimum Gasteiger partial charge on any atom is -0.481 e. The van der Waals surface area contributed by atoms with Gasteiger partial charge in [0.1, 0.15) is 12.4 Å². The van der Waals surface area contributed by atoms with Crippen LogP contribution >= 0.6 is 54.5 Å². The molecule has 0 radical (unpaired) electrons. The number of alkyl halides is 3. The number of aromatic nitrogens is 3. The van der Waals surface area contributed by atoms with E-state index in [1.807, 2.05) is 30.0 Å². The summed E-state index contributed by atoms with van der Waals surface area (Å²) in [7, 11) is 0. The number of amides is 4. The number of rotatable bonds is 17. The molecular weight excluding hydrogens is 1190 g/mol. The summed E-state index contributed by atoms with van der Waals surface area (Å²) in [5.41, 5.74) is 5.37. The van der Waals surface area contributed by atoms with Crippen LogP contribution in [-0.4, -0.2) is 114 Å². The van der Waals surface area contributed by atoms with Gasteiger partial charge in [0.05, 0.1) is 46.1 Å². The molecule has 8 rings (SSSR count). The Morgan fingerprint density at radius 3 is 2.47 bits per heavy atom. The van der Waals surface area contributed by atoms with Gasteiger partial charge < -0.3 is 35.1 Å². The first-order chi connectivity index (χ1) is 35.1. The van der Waals surface area contributed by atoms with Gasteiger partial charge >= 0.3 is 6.18 Å². The summed E-state index contributed by atoms with van der Waals surface area (Å²) in [6, 6.07) is 19.7. The Bertz CT molecular complexity index is 3150. The Morgan fingerprint density at radius 1 is 0.918 bits per heavy atom. The molecule has 0 bridgehead atoms. The molecule has 1 saturated heterocycles. The number of hydrogen-bond donors (Lipinski definition) is 3. The summed E-state index contributed by atoms with van der Waals surface area (Å²) < 4.78 is 63.0. The molecule has 0 atom stereocenters. The fourth-order valence-electron chi connectivity index (χ4n) is 7.99. The number of halogens is 6. The molecule has 1 fully saturated rings. The number of aryl methyl sites for hydroxylation is 1. The van der Waals surface area contributed by atoms with Crippen LogP contribution in [0.2, 0.25) is 0 Å². The molecule has 2 aliphatic rings. The van der Waals surface area contributed by atoms with E-state index in [0.29, 0.717) is 75.2 Å². The predicted octanol–water partition coefficient (Wildman–Crippen LogP) is 8.46. The van der Waals surface area contributed by atoms with Crippen molar-refractivity contribution in [2.75, 3.05) is 76.4 Å². The summed E-state index contributed by atoms with van der Waals surface area (Å²) in [6.45, 7) is 3.99. The molecule has 4 amide bonds. The first-order valence-electron chi connectivity index (χ1n) is 22.9. The first kappa shape index (κ1) is 53.1. The van der Waals surface area contributed by atoms with Crippen molar-refractivity contribution in [3.05, 3.63) is 148 Å². The van der Waals surface area contributed by atoms with E-state index in [1.165, 1.54) is 6.07 Å². The number of carbonyl (C=O) groups excluding carboxylic acids is 4. The van der Waals surface area contributed by atoms with Gasteiger partial charge in [0, 0.05) is 94.9 Å². The molecular formula is C52H46Br2F3IN8O7. The minimum absolute atomic E-state index is 0.000503. The van der Waals surface area contributed by atoms with Crippen molar-refractivity contribution < 1.29 is 46.6 Å². The van der Waals surface area contributed by atoms with Crippen LogP contribution in [0, 0.1) is 15.4 Å². The second kappa shape index (κ2) is 24.2. The Hall–Kier alpha value is -6.16. The monoisotopic (exact) mass is 1240 g/mol. The van der Waals surface area contributed by atoms with Gasteiger partial charge in [-0.15, -0.1) is 0 Å². The van der Waals surface area contributed by atoms with E-state index in [1.54, 1.807) is 70.5 Å². The van der Waals surface area contributed by atoms with E-state index in [0.717, 1.165) is 38.1 Å². The lowest BCUT2D eigenvalue weighted by atomic mass is 10.0. The van der Waals surface area contributed by atoms with E-state index in [2.05, 4.69) is 92.3 Å². The Morgan fingerprint density at radius 2 is 1.70 bits per heavy atom. The van der Waals surface area contributed by atoms with E-state index < -0.39 is 17.6 Å². The van der Waals surface area contributed by atoms with Gasteiger partial charge in [0.15, 0.2) is 12.3 Å². The van der Waals surface area contributed by atoms with Crippen molar-refractivity contribution in [1.82, 2.24) is 29.7 Å². The summed E-state index contributed by atoms with van der Waals surface area (Å²) in [4.78, 5) is 59.5. The third-order valence-corrected chi connectivity index (χ3v) is 13.5. The zero-order chi connectivity index (χ0) is 51.6. The number of nitrogens with one attached hydrogen (secondary N) is 3. The van der Waals surface area contributed by atoms with E-state index in [9.17, 15) is 32.3 Å². The topological polar surface area (TPSA) is 169 Å². The quantitative estimate of drug-likeness (QED) is 0.0349. The maximum absolute atomic E-state index is 14.1. The highest BCUT2D eigenvalue weighted by molar-refractivity contribution is 14.1. The molecule has 0 spiro atoms. The van der Waals surface area contributed by atoms with Crippen LogP contribution in [0.15, 0.2) is 100 Å². The van der Waals surface area contributed by atoms with Crippen LogP contribution in [0.4, 0.5) is 24.5 Å². The lowest BCUT2D eigenvalue weighted by Gasteiger charge is -2.34. The van der Waals surface area contributed by atoms with Crippen LogP contribution in [-0.2, 0) is 43.0 Å². The SMILES string of the molecule is CCc1ccc(C(=O)Nc2cc(CN3CCN(C(=O)COCCOCCNC(=O)COc4c(Br)cc(/C=C5\C(=O)Nc6ccc(I)cc65)cc4Br)CC3)cc(C(F)(F)F)c2)cc1C#Cc1cnc2ccnn2c1. The molecule has 3 N–H and O–H groups in total. The van der Waals surface area contributed by atoms with Crippen molar-refractivity contribution in [2.24, 2.45) is 0 Å². The van der Waals surface area contributed by atoms with Crippen LogP contribution in [0.3, 0.4) is 0 Å². The van der Waals surface area contributed by atoms with Crippen molar-refractivity contribution in [3.63, 3.8) is 0 Å². The number of anilines is 2. The number of carbonyl (C=O) groups is 4. The lowest BCUT2D eigenvalue weighted by molar-refractivity contribution is -0.139. The van der Waals surface area contributed by atoms with Gasteiger partial charge in [-0.2, -0.15) is 18.3 Å². The molecule has 0 unspecified atom stereocenters. The molecule has 4 aromatic carbocycles. The fourth-order valence-corrected chi connectivity index (χ4v) is 9.93. The van der Waals surface area contributed by atoms with Gasteiger partial charge in [-0.25, -0.2) is 9.50 Å². The van der Waals surface area contributed by atoms with Gasteiger partial charge in [-0.3, -0.25) is 24.1 Å². The van der Waals surface area contributed by atoms with Crippen LogP contribution < -0.4 is 20.7 Å². The molecule has 2 aromatic heterocycles. The van der Waals surface area contributed by atoms with Gasteiger partial charge in [0.25, 0.3) is 17.7 Å². The normalized spacial score (nSPS) is 14.2. The van der Waals surface area contributed by atoms with Crippen molar-refractivity contribution in [3.8, 4) is 17.6 Å². The van der Waals surface area contributed by atoms with Crippen LogP contribution in [0.1, 0.15) is 56.2 Å². The average molecular weight is 1240 g/mol. The van der Waals surface area contributed by atoms with Crippen LogP contribution in [0.5, 0.6) is 5.75 Å². The standard InChI is InChI=1S/C52H46Br2F3IN8O7/c1-2-35-5-6-37(24-36(35)4-3-32-27-60-46-9-10-61-66(46)29-32)50(69)62-40-20-34(19-38(25-40)52(55,56)57)28-64-12-14-65(15-13-64)48(68)31-72-18-17-71-16-11-59-47(67)30-73-49-43(53)22-33(23-44(49)54)21-42-41-26-39(58)7-8-45(41)63-51(42)70/h5-10,19-27,29H,2,11-18,28,30-31H2,1H3,(H,59,67)(H,62,69)(H,63,70)/b42-21-. The number of hydrogen-bond acceptors (Lipinski definition) is 10. The second-order valence-electron chi connectivity index (χ2n) is 16.8. The Balaban J connectivity index is 0.732. The van der Waals surface area contributed by atoms with E-state index in [-0.39, 0.29) is 75.1 Å². The van der Waals surface area contributed by atoms with Crippen molar-refractivity contribution in [1.29, 1.82) is 0 Å². The van der Waals surface area contributed by atoms with Gasteiger partial charge in [-0.05, 0) is 144 Å². The maximum Gasteiger partial charge on any atom is 0.416 e. The maximum atomic E-state index is 14.1. The molecule has 6 aromatic rings. The zero-order valence-electron chi connectivity index (χ0n) is 39.1. The molecule has 0 saturated carbocycles. The third-order valence-electron chi connectivity index (χ3n) is 11.7. The van der Waals surface area contributed by atoms with Gasteiger partial charge in [-0.1, -0.05) is 24.8 Å². The largest absolute Gasteiger partial charge is 0.481 e. The molecule has 0 aliphatic carbocycles. The third kappa shape index (κ3) is 14.1. The smallest absolute Gasteiger partial charge is 0.416 e. The fraction of sp³-hybridized carbons (Fsp3) is 0.269. The Labute approximate surface area is 448 Å². The van der Waals surface area contributed by atoms with Gasteiger partial charge in [0.2, 0.25) is 5.91 Å². The lowest BCUT2D eigenvalue weighted by Crippen LogP contribution is -2.49. The molecule has 21 heteroatoms. The molecule has 73 heavy (non-hydrogen) atoms. The summed E-state index contributed by atoms with van der Waals surface area (Å²) in [6.07, 6.45) is 2.78. The molecule has 15 nitrogen and oxygen atoms in total. The summed E-state index contributed by atoms with van der Waals surface area (Å²) >= 11 is 9.22. The average Bonchev–Trinajstić information content (AvgIpc) is 3.96. The number of benzene rings is 4. The van der Waals surface area contributed by atoms with Crippen molar-refractivity contribution in [2.45, 2.75) is 26.1 Å². The highest BCUT2D eigenvalue weighted by Crippen LogP contribution is 2.39. The number of ether oxygens (including phenoxy) is 3. The Kier molecular flexibility index (Phi) is 17.7. The number of fused-ring (bicyclic) bond motifs is 2. The van der Waals surface area contributed by atoms with E-state index in [4.69, 9.17) is 14.2 Å².